The number of ether oxygens (including phenoxy) is 1. The van der Waals surface area contributed by atoms with Gasteiger partial charge in [0.15, 0.2) is 0 Å². The zero-order valence-electron chi connectivity index (χ0n) is 16.0. The number of thioether (sulfide) groups is 1. The Hall–Kier alpha value is -2.71. The van der Waals surface area contributed by atoms with Crippen molar-refractivity contribution in [2.75, 3.05) is 5.75 Å². The topological polar surface area (TPSA) is 62.1 Å². The number of unbranched alkanes of at least 4 members (excludes halogenated alkanes) is 1. The van der Waals surface area contributed by atoms with E-state index in [9.17, 15) is 10.1 Å². The summed E-state index contributed by atoms with van der Waals surface area (Å²) in [6.07, 6.45) is 2.44. The average molecular weight is 393 g/mol. The maximum Gasteiger partial charge on any atom is 0.225 e. The molecule has 1 N–H and O–H groups in total. The number of allylic oxidation sites excluding steroid dienone is 1. The standard InChI is InChI=1S/C23H24N2O2S/c1-2-3-13-28-23-21(15-24)20(14-22(26)25-23)18-9-11-19(12-10-18)27-16-17-7-5-4-6-8-17/h4-12,20H,2-3,13-14,16H2,1H3,(H,25,26)/t20-/m1/s1. The third-order valence-electron chi connectivity index (χ3n) is 4.63. The molecule has 2 aromatic carbocycles. The smallest absolute Gasteiger partial charge is 0.225 e. The number of carbonyl (C=O) groups excluding carboxylic acids is 1. The van der Waals surface area contributed by atoms with E-state index < -0.39 is 0 Å². The number of nitrogens with one attached hydrogen (secondary N) is 1. The van der Waals surface area contributed by atoms with Crippen molar-refractivity contribution in [1.29, 1.82) is 5.26 Å². The quantitative estimate of drug-likeness (QED) is 0.632. The molecule has 3 rings (SSSR count). The molecule has 0 spiro atoms. The summed E-state index contributed by atoms with van der Waals surface area (Å²) in [5.41, 5.74) is 2.73. The molecule has 1 atom stereocenters. The highest BCUT2D eigenvalue weighted by atomic mass is 32.2. The van der Waals surface area contributed by atoms with Gasteiger partial charge in [0.05, 0.1) is 16.7 Å². The van der Waals surface area contributed by atoms with Crippen molar-refractivity contribution in [3.63, 3.8) is 0 Å². The molecule has 1 aliphatic heterocycles. The van der Waals surface area contributed by atoms with Crippen molar-refractivity contribution in [3.05, 3.63) is 76.3 Å². The van der Waals surface area contributed by atoms with Gasteiger partial charge in [-0.15, -0.1) is 11.8 Å². The van der Waals surface area contributed by atoms with Crippen LogP contribution in [0.3, 0.4) is 0 Å². The van der Waals surface area contributed by atoms with Gasteiger partial charge in [-0.1, -0.05) is 55.8 Å². The van der Waals surface area contributed by atoms with Crippen LogP contribution in [0.2, 0.25) is 0 Å². The summed E-state index contributed by atoms with van der Waals surface area (Å²) in [5, 5.41) is 13.3. The molecule has 0 saturated carbocycles. The maximum atomic E-state index is 12.2. The fourth-order valence-electron chi connectivity index (χ4n) is 3.07. The predicted molar refractivity (Wildman–Crippen MR) is 113 cm³/mol. The molecular formula is C23H24N2O2S. The first-order valence-corrected chi connectivity index (χ1v) is 10.5. The molecule has 1 aliphatic rings. The number of amides is 1. The Balaban J connectivity index is 1.72. The molecule has 1 amide bonds. The molecule has 0 saturated heterocycles. The number of hydrogen-bond acceptors (Lipinski definition) is 4. The normalized spacial score (nSPS) is 16.4. The highest BCUT2D eigenvalue weighted by molar-refractivity contribution is 8.03. The van der Waals surface area contributed by atoms with Crippen molar-refractivity contribution in [3.8, 4) is 11.8 Å². The zero-order chi connectivity index (χ0) is 19.8. The number of hydrogen-bond donors (Lipinski definition) is 1. The van der Waals surface area contributed by atoms with E-state index in [4.69, 9.17) is 4.74 Å². The fourth-order valence-corrected chi connectivity index (χ4v) is 4.24. The lowest BCUT2D eigenvalue weighted by molar-refractivity contribution is -0.120. The number of rotatable bonds is 8. The van der Waals surface area contributed by atoms with Crippen LogP contribution in [0.1, 0.15) is 43.2 Å². The van der Waals surface area contributed by atoms with E-state index in [2.05, 4.69) is 18.3 Å². The van der Waals surface area contributed by atoms with Gasteiger partial charge in [-0.25, -0.2) is 0 Å². The number of nitriles is 1. The summed E-state index contributed by atoms with van der Waals surface area (Å²) in [5.74, 6) is 1.43. The SMILES string of the molecule is CCCCSC1=C(C#N)[C@@H](c2ccc(OCc3ccccc3)cc2)CC(=O)N1. The molecule has 2 aromatic rings. The van der Waals surface area contributed by atoms with Gasteiger partial charge in [0, 0.05) is 12.3 Å². The second kappa shape index (κ2) is 10.0. The first-order chi connectivity index (χ1) is 13.7. The molecule has 0 fully saturated rings. The van der Waals surface area contributed by atoms with Gasteiger partial charge in [0.1, 0.15) is 12.4 Å². The highest BCUT2D eigenvalue weighted by Crippen LogP contribution is 2.36. The molecule has 0 unspecified atom stereocenters. The van der Waals surface area contributed by atoms with E-state index in [1.54, 1.807) is 11.8 Å². The second-order valence-corrected chi connectivity index (χ2v) is 7.81. The maximum absolute atomic E-state index is 12.2. The van der Waals surface area contributed by atoms with E-state index in [1.807, 2.05) is 54.6 Å². The van der Waals surface area contributed by atoms with Gasteiger partial charge in [-0.3, -0.25) is 4.79 Å². The summed E-state index contributed by atoms with van der Waals surface area (Å²) < 4.78 is 5.83. The lowest BCUT2D eigenvalue weighted by atomic mass is 9.87. The minimum atomic E-state index is -0.203. The summed E-state index contributed by atoms with van der Waals surface area (Å²) in [6, 6.07) is 20.0. The Bertz CT molecular complexity index is 870. The number of benzene rings is 2. The first kappa shape index (κ1) is 20.0. The van der Waals surface area contributed by atoms with Gasteiger partial charge >= 0.3 is 0 Å². The van der Waals surface area contributed by atoms with Gasteiger partial charge in [0.2, 0.25) is 5.91 Å². The van der Waals surface area contributed by atoms with E-state index in [0.29, 0.717) is 23.6 Å². The average Bonchev–Trinajstić information content (AvgIpc) is 2.73. The lowest BCUT2D eigenvalue weighted by Gasteiger charge is -2.25. The van der Waals surface area contributed by atoms with Crippen molar-refractivity contribution in [2.24, 2.45) is 0 Å². The molecule has 0 aromatic heterocycles. The third-order valence-corrected chi connectivity index (χ3v) is 5.73. The van der Waals surface area contributed by atoms with Crippen LogP contribution in [-0.2, 0) is 11.4 Å². The molecule has 144 valence electrons. The molecule has 0 aliphatic carbocycles. The fraction of sp³-hybridized carbons (Fsp3) is 0.304. The summed E-state index contributed by atoms with van der Waals surface area (Å²) in [7, 11) is 0. The van der Waals surface area contributed by atoms with Crippen LogP contribution in [0.5, 0.6) is 5.75 Å². The van der Waals surface area contributed by atoms with Crippen molar-refractivity contribution >= 4 is 17.7 Å². The highest BCUT2D eigenvalue weighted by Gasteiger charge is 2.29. The van der Waals surface area contributed by atoms with E-state index in [1.165, 1.54) is 0 Å². The van der Waals surface area contributed by atoms with E-state index in [0.717, 1.165) is 35.5 Å². The Labute approximate surface area is 170 Å². The predicted octanol–water partition coefficient (Wildman–Crippen LogP) is 5.14. The minimum absolute atomic E-state index is 0.0348. The van der Waals surface area contributed by atoms with Gasteiger partial charge in [-0.05, 0) is 35.4 Å². The van der Waals surface area contributed by atoms with Crippen LogP contribution in [0.15, 0.2) is 65.2 Å². The molecule has 0 radical (unpaired) electrons. The largest absolute Gasteiger partial charge is 0.489 e. The van der Waals surface area contributed by atoms with Crippen molar-refractivity contribution in [1.82, 2.24) is 5.32 Å². The van der Waals surface area contributed by atoms with Crippen LogP contribution in [-0.4, -0.2) is 11.7 Å². The Morgan fingerprint density at radius 1 is 1.18 bits per heavy atom. The van der Waals surface area contributed by atoms with E-state index >= 15 is 0 Å². The van der Waals surface area contributed by atoms with Crippen molar-refractivity contribution in [2.45, 2.75) is 38.7 Å². The van der Waals surface area contributed by atoms with Crippen LogP contribution >= 0.6 is 11.8 Å². The molecule has 28 heavy (non-hydrogen) atoms. The summed E-state index contributed by atoms with van der Waals surface area (Å²) >= 11 is 1.57. The van der Waals surface area contributed by atoms with Gasteiger partial charge < -0.3 is 10.1 Å². The number of carbonyl (C=O) groups is 1. The molecular weight excluding hydrogens is 368 g/mol. The van der Waals surface area contributed by atoms with Crippen molar-refractivity contribution < 1.29 is 9.53 Å². The molecule has 4 nitrogen and oxygen atoms in total. The summed E-state index contributed by atoms with van der Waals surface area (Å²) in [6.45, 7) is 2.64. The molecule has 1 heterocycles. The third kappa shape index (κ3) is 5.17. The zero-order valence-corrected chi connectivity index (χ0v) is 16.8. The Morgan fingerprint density at radius 3 is 2.61 bits per heavy atom. The number of nitrogens with zero attached hydrogens (tertiary/aromatic N) is 1. The monoisotopic (exact) mass is 392 g/mol. The molecule has 5 heteroatoms. The van der Waals surface area contributed by atoms with Gasteiger partial charge in [-0.2, -0.15) is 5.26 Å². The van der Waals surface area contributed by atoms with E-state index in [-0.39, 0.29) is 11.8 Å². The lowest BCUT2D eigenvalue weighted by Crippen LogP contribution is -2.30. The van der Waals surface area contributed by atoms with Gasteiger partial charge in [0.25, 0.3) is 0 Å². The van der Waals surface area contributed by atoms with Crippen LogP contribution in [0.25, 0.3) is 0 Å². The summed E-state index contributed by atoms with van der Waals surface area (Å²) in [4.78, 5) is 12.2. The second-order valence-electron chi connectivity index (χ2n) is 6.70. The minimum Gasteiger partial charge on any atom is -0.489 e. The van der Waals surface area contributed by atoms with Crippen LogP contribution in [0.4, 0.5) is 0 Å². The Kier molecular flexibility index (Phi) is 7.16. The Morgan fingerprint density at radius 2 is 1.93 bits per heavy atom. The molecule has 0 bridgehead atoms. The van der Waals surface area contributed by atoms with Crippen LogP contribution in [0, 0.1) is 11.3 Å². The first-order valence-electron chi connectivity index (χ1n) is 9.55. The van der Waals surface area contributed by atoms with Crippen LogP contribution < -0.4 is 10.1 Å².